The number of rotatable bonds is 4. The molecule has 2 heterocycles. The number of benzene rings is 2. The summed E-state index contributed by atoms with van der Waals surface area (Å²) in [6.07, 6.45) is 3.29. The van der Waals surface area contributed by atoms with Crippen molar-refractivity contribution in [3.05, 3.63) is 42.0 Å². The van der Waals surface area contributed by atoms with Crippen LogP contribution in [0.1, 0.15) is 18.4 Å². The monoisotopic (exact) mass is 426 g/mol. The Bertz CT molecular complexity index is 1210. The second kappa shape index (κ2) is 7.85. The molecule has 0 spiro atoms. The average Bonchev–Trinajstić information content (AvgIpc) is 2.68. The molecule has 1 fully saturated rings. The van der Waals surface area contributed by atoms with E-state index in [9.17, 15) is 13.5 Å². The molecule has 0 radical (unpaired) electrons. The van der Waals surface area contributed by atoms with Crippen LogP contribution in [-0.2, 0) is 9.84 Å². The number of anilines is 1. The van der Waals surface area contributed by atoms with Gasteiger partial charge in [0.1, 0.15) is 11.4 Å². The molecule has 7 nitrogen and oxygen atoms in total. The van der Waals surface area contributed by atoms with Crippen LogP contribution in [0, 0.1) is 6.92 Å². The summed E-state index contributed by atoms with van der Waals surface area (Å²) >= 11 is 0. The van der Waals surface area contributed by atoms with Crippen molar-refractivity contribution in [3.8, 4) is 17.0 Å². The predicted octanol–water partition coefficient (Wildman–Crippen LogP) is 3.22. The quantitative estimate of drug-likeness (QED) is 0.661. The van der Waals surface area contributed by atoms with Crippen molar-refractivity contribution in [2.24, 2.45) is 0 Å². The number of hydrogen-bond donors (Lipinski definition) is 2. The molecule has 1 unspecified atom stereocenters. The molecule has 1 aliphatic rings. The molecular weight excluding hydrogens is 400 g/mol. The first-order valence-electron chi connectivity index (χ1n) is 9.98. The zero-order valence-electron chi connectivity index (χ0n) is 17.4. The van der Waals surface area contributed by atoms with Crippen molar-refractivity contribution in [2.45, 2.75) is 30.7 Å². The molecule has 1 saturated heterocycles. The summed E-state index contributed by atoms with van der Waals surface area (Å²) in [5.74, 6) is 0.679. The zero-order chi connectivity index (χ0) is 21.5. The van der Waals surface area contributed by atoms with Crippen LogP contribution in [0.4, 0.5) is 5.82 Å². The number of aryl methyl sites for hydroxylation is 1. The Morgan fingerprint density at radius 2 is 1.93 bits per heavy atom. The number of sulfone groups is 1. The van der Waals surface area contributed by atoms with E-state index in [-0.39, 0.29) is 16.7 Å². The number of hydrogen-bond acceptors (Lipinski definition) is 7. The van der Waals surface area contributed by atoms with E-state index in [1.807, 2.05) is 19.1 Å². The lowest BCUT2D eigenvalue weighted by atomic mass is 10.0. The van der Waals surface area contributed by atoms with E-state index in [0.717, 1.165) is 36.9 Å². The Morgan fingerprint density at radius 1 is 1.13 bits per heavy atom. The number of nitrogens with zero attached hydrogens (tertiary/aromatic N) is 3. The third-order valence-electron chi connectivity index (χ3n) is 5.55. The van der Waals surface area contributed by atoms with Crippen molar-refractivity contribution in [2.75, 3.05) is 31.7 Å². The minimum absolute atomic E-state index is 0.118. The molecule has 1 aliphatic heterocycles. The summed E-state index contributed by atoms with van der Waals surface area (Å²) in [5, 5.41) is 24.2. The van der Waals surface area contributed by atoms with Crippen LogP contribution in [0.25, 0.3) is 22.0 Å². The maximum atomic E-state index is 12.2. The average molecular weight is 427 g/mol. The molecule has 0 bridgehead atoms. The lowest BCUT2D eigenvalue weighted by Gasteiger charge is -2.30. The first kappa shape index (κ1) is 20.6. The third-order valence-corrected chi connectivity index (χ3v) is 6.66. The number of aromatic hydroxyl groups is 1. The van der Waals surface area contributed by atoms with Gasteiger partial charge >= 0.3 is 0 Å². The molecule has 2 N–H and O–H groups in total. The van der Waals surface area contributed by atoms with Gasteiger partial charge in [-0.05, 0) is 63.2 Å². The summed E-state index contributed by atoms with van der Waals surface area (Å²) in [6.45, 7) is 3.85. The fraction of sp³-hybridized carbons (Fsp3) is 0.364. The minimum atomic E-state index is -3.38. The molecule has 2 aromatic carbocycles. The van der Waals surface area contributed by atoms with Crippen LogP contribution in [-0.4, -0.2) is 61.1 Å². The summed E-state index contributed by atoms with van der Waals surface area (Å²) < 4.78 is 24.3. The van der Waals surface area contributed by atoms with Crippen LogP contribution in [0.2, 0.25) is 0 Å². The van der Waals surface area contributed by atoms with Crippen LogP contribution >= 0.6 is 0 Å². The van der Waals surface area contributed by atoms with Gasteiger partial charge in [0.2, 0.25) is 0 Å². The van der Waals surface area contributed by atoms with Crippen molar-refractivity contribution < 1.29 is 13.5 Å². The van der Waals surface area contributed by atoms with Crippen molar-refractivity contribution in [3.63, 3.8) is 0 Å². The molecular formula is C22H26N4O3S. The van der Waals surface area contributed by atoms with Crippen LogP contribution in [0.3, 0.4) is 0 Å². The van der Waals surface area contributed by atoms with E-state index in [2.05, 4.69) is 27.5 Å². The number of nitrogens with one attached hydrogen (secondary N) is 1. The smallest absolute Gasteiger partial charge is 0.175 e. The largest absolute Gasteiger partial charge is 0.507 e. The lowest BCUT2D eigenvalue weighted by Crippen LogP contribution is -2.40. The van der Waals surface area contributed by atoms with Gasteiger partial charge in [-0.1, -0.05) is 12.1 Å². The Kier molecular flexibility index (Phi) is 5.38. The maximum absolute atomic E-state index is 12.2. The molecule has 1 atom stereocenters. The molecule has 158 valence electrons. The van der Waals surface area contributed by atoms with Gasteiger partial charge in [-0.15, -0.1) is 10.2 Å². The van der Waals surface area contributed by atoms with Crippen LogP contribution < -0.4 is 5.32 Å². The van der Waals surface area contributed by atoms with Gasteiger partial charge in [0.05, 0.1) is 4.90 Å². The summed E-state index contributed by atoms with van der Waals surface area (Å²) in [5.41, 5.74) is 2.02. The Balaban J connectivity index is 1.87. The standard InChI is InChI=1S/C22H26N4O3S/c1-14-6-8-18(20(27)11-14)21-17-9-7-16(30(3,28)29)12-19(17)22(25-24-21)23-15-5-4-10-26(2)13-15/h6-9,11-12,15,27H,4-5,10,13H2,1-3H3,(H,23,25). The highest BCUT2D eigenvalue weighted by Gasteiger charge is 2.21. The summed E-state index contributed by atoms with van der Waals surface area (Å²) in [7, 11) is -1.29. The van der Waals surface area contributed by atoms with Gasteiger partial charge in [-0.3, -0.25) is 0 Å². The van der Waals surface area contributed by atoms with E-state index in [1.165, 1.54) is 6.26 Å². The highest BCUT2D eigenvalue weighted by Crippen LogP contribution is 2.36. The summed E-state index contributed by atoms with van der Waals surface area (Å²) in [4.78, 5) is 2.49. The second-order valence-electron chi connectivity index (χ2n) is 8.14. The first-order chi connectivity index (χ1) is 14.2. The van der Waals surface area contributed by atoms with Crippen molar-refractivity contribution >= 4 is 26.4 Å². The zero-order valence-corrected chi connectivity index (χ0v) is 18.2. The van der Waals surface area contributed by atoms with Gasteiger partial charge in [0.15, 0.2) is 15.7 Å². The fourth-order valence-electron chi connectivity index (χ4n) is 3.99. The van der Waals surface area contributed by atoms with Crippen molar-refractivity contribution in [1.29, 1.82) is 0 Å². The molecule has 4 rings (SSSR count). The third kappa shape index (κ3) is 4.11. The van der Waals surface area contributed by atoms with Crippen molar-refractivity contribution in [1.82, 2.24) is 15.1 Å². The topological polar surface area (TPSA) is 95.4 Å². The number of phenolic OH excluding ortho intramolecular Hbond substituents is 1. The van der Waals surface area contributed by atoms with E-state index in [4.69, 9.17) is 0 Å². The Hall–Kier alpha value is -2.71. The Labute approximate surface area is 176 Å². The van der Waals surface area contributed by atoms with Crippen LogP contribution in [0.5, 0.6) is 5.75 Å². The van der Waals surface area contributed by atoms with E-state index < -0.39 is 9.84 Å². The normalized spacial score (nSPS) is 17.9. The van der Waals surface area contributed by atoms with Gasteiger partial charge in [0.25, 0.3) is 0 Å². The number of piperidine rings is 1. The lowest BCUT2D eigenvalue weighted by molar-refractivity contribution is 0.261. The number of phenols is 1. The molecule has 0 saturated carbocycles. The van der Waals surface area contributed by atoms with E-state index >= 15 is 0 Å². The minimum Gasteiger partial charge on any atom is -0.507 e. The van der Waals surface area contributed by atoms with Gasteiger partial charge in [-0.25, -0.2) is 8.42 Å². The predicted molar refractivity (Wildman–Crippen MR) is 119 cm³/mol. The first-order valence-corrected chi connectivity index (χ1v) is 11.9. The molecule has 3 aromatic rings. The van der Waals surface area contributed by atoms with E-state index in [0.29, 0.717) is 22.5 Å². The van der Waals surface area contributed by atoms with Gasteiger partial charge < -0.3 is 15.3 Å². The van der Waals surface area contributed by atoms with Gasteiger partial charge in [0, 0.05) is 35.2 Å². The SMILES string of the molecule is Cc1ccc(-c2nnc(NC3CCCN(C)C3)c3cc(S(C)(=O)=O)ccc23)c(O)c1. The molecule has 30 heavy (non-hydrogen) atoms. The maximum Gasteiger partial charge on any atom is 0.175 e. The summed E-state index contributed by atoms with van der Waals surface area (Å²) in [6, 6.07) is 10.6. The number of likely N-dealkylation sites (tertiary alicyclic amines) is 1. The molecule has 1 aromatic heterocycles. The number of aromatic nitrogens is 2. The molecule has 0 aliphatic carbocycles. The fourth-order valence-corrected chi connectivity index (χ4v) is 4.64. The Morgan fingerprint density at radius 3 is 2.63 bits per heavy atom. The van der Waals surface area contributed by atoms with Crippen LogP contribution in [0.15, 0.2) is 41.3 Å². The highest BCUT2D eigenvalue weighted by atomic mass is 32.2. The molecule has 0 amide bonds. The number of fused-ring (bicyclic) bond motifs is 1. The molecule has 8 heteroatoms. The number of likely N-dealkylation sites (N-methyl/N-ethyl adjacent to an activating group) is 1. The van der Waals surface area contributed by atoms with Gasteiger partial charge in [-0.2, -0.15) is 0 Å². The second-order valence-corrected chi connectivity index (χ2v) is 10.2. The van der Waals surface area contributed by atoms with E-state index in [1.54, 1.807) is 24.3 Å². The highest BCUT2D eigenvalue weighted by molar-refractivity contribution is 7.90.